The number of amides is 1. The lowest BCUT2D eigenvalue weighted by Gasteiger charge is -2.39. The molecule has 3 heterocycles. The number of rotatable bonds is 3. The van der Waals surface area contributed by atoms with E-state index in [4.69, 9.17) is 9.47 Å². The summed E-state index contributed by atoms with van der Waals surface area (Å²) in [5.74, 6) is 0.848. The van der Waals surface area contributed by atoms with Gasteiger partial charge in [0.1, 0.15) is 11.9 Å². The minimum absolute atomic E-state index is 0.0102. The second-order valence-corrected chi connectivity index (χ2v) is 6.82. The molecule has 2 aromatic rings. The van der Waals surface area contributed by atoms with Crippen molar-refractivity contribution in [2.75, 3.05) is 19.7 Å². The fraction of sp³-hybridized carbons (Fsp3) is 0.400. The van der Waals surface area contributed by atoms with E-state index in [0.29, 0.717) is 13.2 Å². The van der Waals surface area contributed by atoms with Gasteiger partial charge in [0.2, 0.25) is 0 Å². The van der Waals surface area contributed by atoms with Gasteiger partial charge in [-0.2, -0.15) is 0 Å². The van der Waals surface area contributed by atoms with Gasteiger partial charge in [0.05, 0.1) is 24.9 Å². The second-order valence-electron chi connectivity index (χ2n) is 6.82. The van der Waals surface area contributed by atoms with Gasteiger partial charge in [-0.3, -0.25) is 9.78 Å². The first-order chi connectivity index (χ1) is 12.2. The summed E-state index contributed by atoms with van der Waals surface area (Å²) in [6.45, 7) is 1.98. The number of carbonyl (C=O) groups is 1. The molecule has 2 fully saturated rings. The van der Waals surface area contributed by atoms with E-state index in [2.05, 4.69) is 4.98 Å². The van der Waals surface area contributed by atoms with Crippen LogP contribution >= 0.6 is 0 Å². The molecule has 1 aromatic heterocycles. The molecule has 4 rings (SSSR count). The largest absolute Gasteiger partial charge is 0.486 e. The Morgan fingerprint density at radius 3 is 2.92 bits per heavy atom. The third-order valence-electron chi connectivity index (χ3n) is 4.96. The van der Waals surface area contributed by atoms with Crippen LogP contribution in [0, 0.1) is 0 Å². The van der Waals surface area contributed by atoms with E-state index in [0.717, 1.165) is 37.1 Å². The molecular formula is C20H22N2O3. The van der Waals surface area contributed by atoms with Crippen molar-refractivity contribution in [3.8, 4) is 5.75 Å². The Hall–Kier alpha value is -2.40. The van der Waals surface area contributed by atoms with E-state index in [-0.39, 0.29) is 17.6 Å². The number of nitrogens with zero attached hydrogens (tertiary/aromatic N) is 2. The molecule has 0 N–H and O–H groups in total. The van der Waals surface area contributed by atoms with Gasteiger partial charge in [0.15, 0.2) is 0 Å². The van der Waals surface area contributed by atoms with Crippen LogP contribution in [0.5, 0.6) is 5.75 Å². The van der Waals surface area contributed by atoms with E-state index in [1.807, 2.05) is 47.4 Å². The van der Waals surface area contributed by atoms with Crippen molar-refractivity contribution in [2.24, 2.45) is 0 Å². The first kappa shape index (κ1) is 16.1. The van der Waals surface area contributed by atoms with Crippen molar-refractivity contribution in [3.63, 3.8) is 0 Å². The standard InChI is InChI=1S/C20H22N2O3/c23-19(16-6-2-1-3-7-16)22-11-5-9-20(15-22)12-18(14-24-20)25-17-8-4-10-21-13-17/h1-4,6-8,10,13,18H,5,9,11-12,14-15H2. The Balaban J connectivity index is 1.42. The smallest absolute Gasteiger partial charge is 0.253 e. The highest BCUT2D eigenvalue weighted by atomic mass is 16.6. The predicted octanol–water partition coefficient (Wildman–Crippen LogP) is 2.92. The Labute approximate surface area is 147 Å². The third kappa shape index (κ3) is 3.51. The van der Waals surface area contributed by atoms with Gasteiger partial charge in [0.25, 0.3) is 5.91 Å². The highest BCUT2D eigenvalue weighted by Crippen LogP contribution is 2.36. The quantitative estimate of drug-likeness (QED) is 0.863. The molecule has 1 spiro atoms. The number of ether oxygens (including phenoxy) is 2. The zero-order chi connectivity index (χ0) is 17.1. The Kier molecular flexibility index (Phi) is 4.40. The summed E-state index contributed by atoms with van der Waals surface area (Å²) in [6.07, 6.45) is 6.19. The van der Waals surface area contributed by atoms with Crippen LogP contribution in [-0.4, -0.2) is 47.2 Å². The van der Waals surface area contributed by atoms with Crippen LogP contribution in [0.3, 0.4) is 0 Å². The molecule has 0 radical (unpaired) electrons. The molecule has 0 saturated carbocycles. The fourth-order valence-electron chi connectivity index (χ4n) is 3.81. The summed E-state index contributed by atoms with van der Waals surface area (Å²) < 4.78 is 12.1. The molecule has 2 aliphatic heterocycles. The average Bonchev–Trinajstić information content (AvgIpc) is 3.04. The van der Waals surface area contributed by atoms with Crippen LogP contribution < -0.4 is 4.74 Å². The number of piperidine rings is 1. The number of benzene rings is 1. The molecule has 2 unspecified atom stereocenters. The average molecular weight is 338 g/mol. The monoisotopic (exact) mass is 338 g/mol. The second kappa shape index (κ2) is 6.84. The van der Waals surface area contributed by atoms with Gasteiger partial charge in [-0.05, 0) is 37.1 Å². The predicted molar refractivity (Wildman–Crippen MR) is 93.5 cm³/mol. The maximum absolute atomic E-state index is 12.7. The Morgan fingerprint density at radius 1 is 1.24 bits per heavy atom. The molecule has 25 heavy (non-hydrogen) atoms. The van der Waals surface area contributed by atoms with Crippen LogP contribution in [-0.2, 0) is 4.74 Å². The normalized spacial score (nSPS) is 25.9. The molecule has 2 atom stereocenters. The van der Waals surface area contributed by atoms with E-state index < -0.39 is 0 Å². The highest BCUT2D eigenvalue weighted by Gasteiger charge is 2.45. The summed E-state index contributed by atoms with van der Waals surface area (Å²) in [6, 6.07) is 13.2. The lowest BCUT2D eigenvalue weighted by atomic mass is 9.89. The molecule has 5 nitrogen and oxygen atoms in total. The van der Waals surface area contributed by atoms with Gasteiger partial charge >= 0.3 is 0 Å². The first-order valence-electron chi connectivity index (χ1n) is 8.79. The molecule has 5 heteroatoms. The van der Waals surface area contributed by atoms with Crippen molar-refractivity contribution in [1.82, 2.24) is 9.88 Å². The van der Waals surface area contributed by atoms with Crippen LogP contribution in [0.4, 0.5) is 0 Å². The summed E-state index contributed by atoms with van der Waals surface area (Å²) in [4.78, 5) is 18.7. The van der Waals surface area contributed by atoms with E-state index in [9.17, 15) is 4.79 Å². The maximum atomic E-state index is 12.7. The molecule has 130 valence electrons. The zero-order valence-electron chi connectivity index (χ0n) is 14.1. The van der Waals surface area contributed by atoms with Crippen LogP contribution in [0.1, 0.15) is 29.6 Å². The molecule has 1 amide bonds. The molecule has 2 saturated heterocycles. The molecule has 1 aromatic carbocycles. The highest BCUT2D eigenvalue weighted by molar-refractivity contribution is 5.94. The van der Waals surface area contributed by atoms with Gasteiger partial charge in [-0.15, -0.1) is 0 Å². The van der Waals surface area contributed by atoms with Crippen molar-refractivity contribution < 1.29 is 14.3 Å². The lowest BCUT2D eigenvalue weighted by molar-refractivity contribution is -0.0453. The minimum Gasteiger partial charge on any atom is -0.486 e. The van der Waals surface area contributed by atoms with Crippen molar-refractivity contribution in [1.29, 1.82) is 0 Å². The summed E-state index contributed by atoms with van der Waals surface area (Å²) in [7, 11) is 0. The minimum atomic E-state index is -0.282. The SMILES string of the molecule is O=C(c1ccccc1)N1CCCC2(CC(Oc3cccnc3)CO2)C1. The lowest BCUT2D eigenvalue weighted by Crippen LogP contribution is -2.50. The first-order valence-corrected chi connectivity index (χ1v) is 8.79. The van der Waals surface area contributed by atoms with Gasteiger partial charge in [0, 0.05) is 24.7 Å². The molecule has 0 aliphatic carbocycles. The molecule has 0 bridgehead atoms. The van der Waals surface area contributed by atoms with Crippen LogP contribution in [0.25, 0.3) is 0 Å². The Bertz CT molecular complexity index is 722. The van der Waals surface area contributed by atoms with Crippen molar-refractivity contribution in [2.45, 2.75) is 31.0 Å². The van der Waals surface area contributed by atoms with E-state index in [1.54, 1.807) is 12.4 Å². The summed E-state index contributed by atoms with van der Waals surface area (Å²) in [5, 5.41) is 0. The van der Waals surface area contributed by atoms with Gasteiger partial charge in [-0.25, -0.2) is 0 Å². The number of likely N-dealkylation sites (tertiary alicyclic amines) is 1. The van der Waals surface area contributed by atoms with Crippen LogP contribution in [0.2, 0.25) is 0 Å². The van der Waals surface area contributed by atoms with E-state index >= 15 is 0 Å². The summed E-state index contributed by atoms with van der Waals surface area (Å²) >= 11 is 0. The number of aromatic nitrogens is 1. The zero-order valence-corrected chi connectivity index (χ0v) is 14.1. The molecule has 2 aliphatic rings. The maximum Gasteiger partial charge on any atom is 0.253 e. The topological polar surface area (TPSA) is 51.7 Å². The van der Waals surface area contributed by atoms with Crippen LogP contribution in [0.15, 0.2) is 54.9 Å². The van der Waals surface area contributed by atoms with Gasteiger partial charge < -0.3 is 14.4 Å². The number of hydrogen-bond acceptors (Lipinski definition) is 4. The fourth-order valence-corrected chi connectivity index (χ4v) is 3.81. The summed E-state index contributed by atoms with van der Waals surface area (Å²) in [5.41, 5.74) is 0.455. The van der Waals surface area contributed by atoms with E-state index in [1.165, 1.54) is 0 Å². The number of hydrogen-bond donors (Lipinski definition) is 0. The van der Waals surface area contributed by atoms with Crippen molar-refractivity contribution >= 4 is 5.91 Å². The number of carbonyl (C=O) groups excluding carboxylic acids is 1. The number of pyridine rings is 1. The third-order valence-corrected chi connectivity index (χ3v) is 4.96. The molecular weight excluding hydrogens is 316 g/mol. The van der Waals surface area contributed by atoms with Crippen molar-refractivity contribution in [3.05, 3.63) is 60.4 Å². The Morgan fingerprint density at radius 2 is 2.12 bits per heavy atom. The van der Waals surface area contributed by atoms with Gasteiger partial charge in [-0.1, -0.05) is 18.2 Å².